The zero-order chi connectivity index (χ0) is 11.5. The van der Waals surface area contributed by atoms with Gasteiger partial charge < -0.3 is 30.3 Å². The summed E-state index contributed by atoms with van der Waals surface area (Å²) < 4.78 is 5.19. The molecule has 90 valence electrons. The minimum absolute atomic E-state index is 0.0509. The molecule has 15 heavy (non-hydrogen) atoms. The van der Waals surface area contributed by atoms with Gasteiger partial charge in [-0.05, 0) is 0 Å². The summed E-state index contributed by atoms with van der Waals surface area (Å²) >= 11 is 0. The highest BCUT2D eigenvalue weighted by atomic mass is 16.5. The van der Waals surface area contributed by atoms with Crippen molar-refractivity contribution in [1.82, 2.24) is 0 Å². The van der Waals surface area contributed by atoms with E-state index in [0.29, 0.717) is 0 Å². The molecule has 4 unspecified atom stereocenters. The molecule has 0 aliphatic carbocycles. The van der Waals surface area contributed by atoms with Crippen LogP contribution in [0.25, 0.3) is 0 Å². The monoisotopic (exact) mass is 222 g/mol. The summed E-state index contributed by atoms with van der Waals surface area (Å²) in [5.41, 5.74) is -1.60. The smallest absolute Gasteiger partial charge is 0.102 e. The highest BCUT2D eigenvalue weighted by Crippen LogP contribution is 2.34. The van der Waals surface area contributed by atoms with E-state index in [2.05, 4.69) is 0 Å². The predicted molar refractivity (Wildman–Crippen MR) is 50.0 cm³/mol. The van der Waals surface area contributed by atoms with E-state index in [1.165, 1.54) is 0 Å². The van der Waals surface area contributed by atoms with E-state index in [1.54, 1.807) is 0 Å². The maximum Gasteiger partial charge on any atom is 0.102 e. The largest absolute Gasteiger partial charge is 0.396 e. The second kappa shape index (κ2) is 5.20. The predicted octanol–water partition coefficient (Wildman–Crippen LogP) is -2.68. The Balaban J connectivity index is 2.88. The molecule has 1 aliphatic heterocycles. The lowest BCUT2D eigenvalue weighted by Crippen LogP contribution is -2.61. The molecule has 5 N–H and O–H groups in total. The van der Waals surface area contributed by atoms with E-state index >= 15 is 0 Å². The highest BCUT2D eigenvalue weighted by molar-refractivity contribution is 4.98. The van der Waals surface area contributed by atoms with Gasteiger partial charge in [0.05, 0.1) is 39.1 Å². The standard InChI is InChI=1S/C9H18O6/c10-1-6-4-15-8(3-12)7(2-11)9(6,14)5-13/h6-8,10-14H,1-5H2. The van der Waals surface area contributed by atoms with E-state index < -0.39 is 36.8 Å². The Morgan fingerprint density at radius 1 is 1.07 bits per heavy atom. The first-order valence-corrected chi connectivity index (χ1v) is 4.91. The van der Waals surface area contributed by atoms with Crippen LogP contribution in [0.5, 0.6) is 0 Å². The Hall–Kier alpha value is -0.240. The lowest BCUT2D eigenvalue weighted by Gasteiger charge is -2.46. The van der Waals surface area contributed by atoms with E-state index in [1.807, 2.05) is 0 Å². The molecular formula is C9H18O6. The minimum Gasteiger partial charge on any atom is -0.396 e. The van der Waals surface area contributed by atoms with Crippen LogP contribution in [0, 0.1) is 11.8 Å². The zero-order valence-corrected chi connectivity index (χ0v) is 8.41. The first kappa shape index (κ1) is 12.8. The maximum atomic E-state index is 10.1. The number of aliphatic hydroxyl groups excluding tert-OH is 4. The molecule has 0 radical (unpaired) electrons. The van der Waals surface area contributed by atoms with Crippen LogP contribution in [0.3, 0.4) is 0 Å². The van der Waals surface area contributed by atoms with Crippen molar-refractivity contribution in [3.8, 4) is 0 Å². The van der Waals surface area contributed by atoms with E-state index in [0.717, 1.165) is 0 Å². The summed E-state index contributed by atoms with van der Waals surface area (Å²) in [7, 11) is 0. The summed E-state index contributed by atoms with van der Waals surface area (Å²) in [5.74, 6) is -1.44. The fourth-order valence-electron chi connectivity index (χ4n) is 2.04. The first-order valence-electron chi connectivity index (χ1n) is 4.91. The molecular weight excluding hydrogens is 204 g/mol. The van der Waals surface area contributed by atoms with Gasteiger partial charge in [-0.15, -0.1) is 0 Å². The normalized spacial score (nSPS) is 41.8. The van der Waals surface area contributed by atoms with Crippen molar-refractivity contribution in [1.29, 1.82) is 0 Å². The Labute approximate surface area is 87.7 Å². The molecule has 0 spiro atoms. The van der Waals surface area contributed by atoms with Gasteiger partial charge in [-0.2, -0.15) is 0 Å². The average Bonchev–Trinajstić information content (AvgIpc) is 2.28. The van der Waals surface area contributed by atoms with Crippen LogP contribution in [-0.4, -0.2) is 70.3 Å². The maximum absolute atomic E-state index is 10.1. The lowest BCUT2D eigenvalue weighted by molar-refractivity contribution is -0.228. The van der Waals surface area contributed by atoms with Crippen molar-refractivity contribution in [2.75, 3.05) is 33.0 Å². The molecule has 1 fully saturated rings. The summed E-state index contributed by atoms with van der Waals surface area (Å²) in [6.07, 6.45) is -0.713. The molecule has 6 nitrogen and oxygen atoms in total. The Morgan fingerprint density at radius 3 is 2.13 bits per heavy atom. The van der Waals surface area contributed by atoms with Crippen LogP contribution in [0.4, 0.5) is 0 Å². The summed E-state index contributed by atoms with van der Waals surface area (Å²) in [4.78, 5) is 0. The number of hydrogen-bond acceptors (Lipinski definition) is 6. The Bertz CT molecular complexity index is 199. The topological polar surface area (TPSA) is 110 Å². The minimum atomic E-state index is -1.60. The molecule has 1 rings (SSSR count). The van der Waals surface area contributed by atoms with Gasteiger partial charge in [-0.3, -0.25) is 0 Å². The van der Waals surface area contributed by atoms with Crippen LogP contribution in [0.1, 0.15) is 0 Å². The van der Waals surface area contributed by atoms with Gasteiger partial charge in [0.1, 0.15) is 5.60 Å². The number of rotatable bonds is 4. The van der Waals surface area contributed by atoms with Gasteiger partial charge in [0.2, 0.25) is 0 Å². The number of ether oxygens (including phenoxy) is 1. The summed E-state index contributed by atoms with van der Waals surface area (Å²) in [5, 5.41) is 46.4. The average molecular weight is 222 g/mol. The van der Waals surface area contributed by atoms with Crippen LogP contribution in [-0.2, 0) is 4.74 Å². The van der Waals surface area contributed by atoms with E-state index in [9.17, 15) is 5.11 Å². The van der Waals surface area contributed by atoms with Gasteiger partial charge in [0, 0.05) is 11.8 Å². The third-order valence-electron chi connectivity index (χ3n) is 3.16. The fourth-order valence-corrected chi connectivity index (χ4v) is 2.04. The lowest BCUT2D eigenvalue weighted by atomic mass is 9.73. The zero-order valence-electron chi connectivity index (χ0n) is 8.41. The third-order valence-corrected chi connectivity index (χ3v) is 3.16. The molecule has 4 atom stereocenters. The molecule has 0 aromatic rings. The molecule has 0 aromatic heterocycles. The van der Waals surface area contributed by atoms with Crippen molar-refractivity contribution in [2.45, 2.75) is 11.7 Å². The Morgan fingerprint density at radius 2 is 1.73 bits per heavy atom. The molecule has 0 aromatic carbocycles. The van der Waals surface area contributed by atoms with Crippen molar-refractivity contribution in [2.24, 2.45) is 11.8 Å². The first-order chi connectivity index (χ1) is 7.13. The van der Waals surface area contributed by atoms with Crippen LogP contribution in [0.15, 0.2) is 0 Å². The van der Waals surface area contributed by atoms with Gasteiger partial charge in [0.15, 0.2) is 0 Å². The highest BCUT2D eigenvalue weighted by Gasteiger charge is 2.50. The molecule has 1 saturated heterocycles. The van der Waals surface area contributed by atoms with Crippen molar-refractivity contribution < 1.29 is 30.3 Å². The van der Waals surface area contributed by atoms with Crippen molar-refractivity contribution in [3.63, 3.8) is 0 Å². The Kier molecular flexibility index (Phi) is 4.45. The fraction of sp³-hybridized carbons (Fsp3) is 1.00. The van der Waals surface area contributed by atoms with Crippen molar-refractivity contribution >= 4 is 0 Å². The van der Waals surface area contributed by atoms with E-state index in [-0.39, 0.29) is 19.8 Å². The van der Waals surface area contributed by atoms with Crippen molar-refractivity contribution in [3.05, 3.63) is 0 Å². The number of hydrogen-bond donors (Lipinski definition) is 5. The number of aliphatic hydroxyl groups is 5. The quantitative estimate of drug-likeness (QED) is 0.354. The molecule has 6 heteroatoms. The molecule has 0 amide bonds. The van der Waals surface area contributed by atoms with Crippen LogP contribution in [0.2, 0.25) is 0 Å². The van der Waals surface area contributed by atoms with Gasteiger partial charge in [-0.25, -0.2) is 0 Å². The molecule has 0 saturated carbocycles. The summed E-state index contributed by atoms with van der Waals surface area (Å²) in [6, 6.07) is 0. The second-order valence-corrected chi connectivity index (χ2v) is 3.87. The second-order valence-electron chi connectivity index (χ2n) is 3.87. The molecule has 0 bridgehead atoms. The van der Waals surface area contributed by atoms with E-state index in [4.69, 9.17) is 25.2 Å². The third kappa shape index (κ3) is 2.15. The molecule has 1 heterocycles. The van der Waals surface area contributed by atoms with Crippen LogP contribution >= 0.6 is 0 Å². The van der Waals surface area contributed by atoms with Crippen LogP contribution < -0.4 is 0 Å². The van der Waals surface area contributed by atoms with Gasteiger partial charge in [-0.1, -0.05) is 0 Å². The van der Waals surface area contributed by atoms with Gasteiger partial charge in [0.25, 0.3) is 0 Å². The summed E-state index contributed by atoms with van der Waals surface area (Å²) in [6.45, 7) is -1.63. The molecule has 1 aliphatic rings. The van der Waals surface area contributed by atoms with Gasteiger partial charge >= 0.3 is 0 Å². The SMILES string of the molecule is OCC1OCC(CO)C(O)(CO)C1CO.